The van der Waals surface area contributed by atoms with Gasteiger partial charge >= 0.3 is 50.6 Å². The highest BCUT2D eigenvalue weighted by molar-refractivity contribution is 8.00. The highest BCUT2D eigenvalue weighted by Crippen LogP contribution is 2.57. The van der Waals surface area contributed by atoms with Crippen molar-refractivity contribution in [3.8, 4) is 0 Å². The Morgan fingerprint density at radius 3 is 0.904 bits per heavy atom. The van der Waals surface area contributed by atoms with Crippen LogP contribution in [0.4, 0.5) is 13.2 Å². The number of carbonyl (C=O) groups is 6. The maximum Gasteiger partial charge on any atom is 0.475 e. The van der Waals surface area contributed by atoms with E-state index in [1.165, 1.54) is 61.1 Å². The van der Waals surface area contributed by atoms with Crippen molar-refractivity contribution in [3.63, 3.8) is 0 Å². The molecule has 9 aromatic rings. The molecule has 0 bridgehead atoms. The molecule has 35 heteroatoms. The number of ether oxygens (including phenoxy) is 3. The summed E-state index contributed by atoms with van der Waals surface area (Å²) in [6.45, 7) is 8.68. The van der Waals surface area contributed by atoms with Crippen LogP contribution in [-0.2, 0) is 60.7 Å². The van der Waals surface area contributed by atoms with Crippen molar-refractivity contribution in [2.45, 2.75) is 141 Å². The van der Waals surface area contributed by atoms with Gasteiger partial charge < -0.3 is 29.1 Å². The minimum atomic E-state index is -4.89. The number of nitrogens with zero attached hydrogens (tertiary/aromatic N) is 6. The molecular formula is C80H81F3N6O21P2S3. The Balaban J connectivity index is 0.000000185. The summed E-state index contributed by atoms with van der Waals surface area (Å²) in [7, 11) is -9.08. The smallest absolute Gasteiger partial charge is 0.454 e. The number of hydrogen-bond acceptors (Lipinski definition) is 25. The van der Waals surface area contributed by atoms with Crippen LogP contribution in [0.15, 0.2) is 233 Å². The summed E-state index contributed by atoms with van der Waals surface area (Å²) in [5.41, 5.74) is -1.37. The van der Waals surface area contributed by atoms with Crippen molar-refractivity contribution in [2.24, 2.45) is 0 Å². The first-order valence-electron chi connectivity index (χ1n) is 35.8. The summed E-state index contributed by atoms with van der Waals surface area (Å²) in [6, 6.07) is 54.2. The van der Waals surface area contributed by atoms with E-state index in [4.69, 9.17) is 37.6 Å². The Hall–Kier alpha value is -9.60. The molecule has 115 heavy (non-hydrogen) atoms. The van der Waals surface area contributed by atoms with Crippen LogP contribution in [0.1, 0.15) is 137 Å². The Kier molecular flexibility index (Phi) is 30.0. The molecule has 0 radical (unpaired) electrons. The first-order chi connectivity index (χ1) is 54.6. The fourth-order valence-corrected chi connectivity index (χ4v) is 18.6. The van der Waals surface area contributed by atoms with Gasteiger partial charge in [-0.15, -0.1) is 35.3 Å². The molecule has 27 nitrogen and oxygen atoms in total. The van der Waals surface area contributed by atoms with Crippen LogP contribution < -0.4 is 17.1 Å². The monoisotopic (exact) mass is 1680 g/mol. The Bertz CT molecular complexity index is 5130. The van der Waals surface area contributed by atoms with Crippen molar-refractivity contribution < 1.29 is 98.3 Å². The zero-order valence-electron chi connectivity index (χ0n) is 62.6. The first-order valence-corrected chi connectivity index (χ1v) is 41.6. The number of rotatable bonds is 27. The van der Waals surface area contributed by atoms with E-state index in [2.05, 4.69) is 19.5 Å². The van der Waals surface area contributed by atoms with Gasteiger partial charge in [0.25, 0.3) is 0 Å². The lowest BCUT2D eigenvalue weighted by Gasteiger charge is -2.31. The lowest BCUT2D eigenvalue weighted by molar-refractivity contribution is -0.0113. The molecule has 0 unspecified atom stereocenters. The van der Waals surface area contributed by atoms with Crippen LogP contribution in [0.5, 0.6) is 0 Å². The Morgan fingerprint density at radius 1 is 0.400 bits per heavy atom. The molecular weight excluding hydrogens is 1600 g/mol. The van der Waals surface area contributed by atoms with Gasteiger partial charge in [-0.3, -0.25) is 46.2 Å². The quantitative estimate of drug-likeness (QED) is 0.0186. The number of phosphoric acid groups is 2. The van der Waals surface area contributed by atoms with Gasteiger partial charge in [-0.1, -0.05) is 146 Å². The molecule has 3 saturated heterocycles. The minimum absolute atomic E-state index is 0.0620. The Labute approximate surface area is 670 Å². The third kappa shape index (κ3) is 24.5. The van der Waals surface area contributed by atoms with Crippen molar-refractivity contribution in [1.82, 2.24) is 28.7 Å². The molecule has 606 valence electrons. The van der Waals surface area contributed by atoms with E-state index in [1.54, 1.807) is 199 Å². The number of alkyl halides is 3. The molecule has 3 aliphatic rings. The number of benzene rings is 6. The van der Waals surface area contributed by atoms with Gasteiger partial charge in [0.1, 0.15) is 16.1 Å². The summed E-state index contributed by atoms with van der Waals surface area (Å²) in [5, 5.41) is 3.58. The first kappa shape index (κ1) is 87.8. The fourth-order valence-electron chi connectivity index (χ4n) is 11.9. The number of ketones is 3. The summed E-state index contributed by atoms with van der Waals surface area (Å²) in [6.07, 6.45) is -5.92. The summed E-state index contributed by atoms with van der Waals surface area (Å²) in [5.74, 6) is -2.96. The molecule has 3 fully saturated rings. The summed E-state index contributed by atoms with van der Waals surface area (Å²) < 4.78 is 113. The fraction of sp³-hybridized carbons (Fsp3) is 0.325. The highest BCUT2D eigenvalue weighted by Gasteiger charge is 2.53. The third-order valence-corrected chi connectivity index (χ3v) is 24.2. The molecule has 6 aromatic carbocycles. The van der Waals surface area contributed by atoms with E-state index in [0.717, 1.165) is 49.0 Å². The van der Waals surface area contributed by atoms with Gasteiger partial charge in [0.05, 0.1) is 99.8 Å². The SMILES string of the molecule is CC(C)(C)OP(=O)(OC[C@H]1S[C@@H](n2ccc(CC(=O)c3ccccc3)nc2=O)[C@@H](F)[C@@H]1OC(=O)c1ccccc1)OC(C)(C)C.O=C(Cc1ccn([C@@H]2S[C@H](CO)[C@@H](OC(=O)c3ccccc3)[C@@H]2F)c(=O)n1)c1ccccc1.O=C(Cc1ccn([C@@H]2S[C@H](COP(=O)(O)O)[C@@H](OC(=O)c3ccccc3)[C@@H]2F)c(=O)n1)c1ccccc1. The van der Waals surface area contributed by atoms with E-state index >= 15 is 13.2 Å². The highest BCUT2D eigenvalue weighted by atomic mass is 32.2. The second-order valence-corrected chi connectivity index (χ2v) is 34.9. The van der Waals surface area contributed by atoms with Crippen LogP contribution in [0.25, 0.3) is 0 Å². The number of carbonyl (C=O) groups excluding carboxylic acids is 6. The Morgan fingerprint density at radius 2 is 0.652 bits per heavy atom. The van der Waals surface area contributed by atoms with Gasteiger partial charge in [0.15, 0.2) is 54.2 Å². The normalized spacial score (nSPS) is 21.3. The molecule has 0 amide bonds. The zero-order valence-corrected chi connectivity index (χ0v) is 66.8. The van der Waals surface area contributed by atoms with Crippen molar-refractivity contribution in [1.29, 1.82) is 0 Å². The van der Waals surface area contributed by atoms with Gasteiger partial charge in [0, 0.05) is 35.3 Å². The number of thioether (sulfide) groups is 3. The maximum absolute atomic E-state index is 16.2. The van der Waals surface area contributed by atoms with Crippen LogP contribution in [-0.4, -0.2) is 162 Å². The topological polar surface area (TPSA) is 367 Å². The van der Waals surface area contributed by atoms with Gasteiger partial charge in [-0.05, 0) is 96.1 Å². The molecule has 0 aliphatic carbocycles. The minimum Gasteiger partial charge on any atom is -0.454 e. The maximum atomic E-state index is 16.2. The molecule has 0 saturated carbocycles. The third-order valence-electron chi connectivity index (χ3n) is 17.1. The second kappa shape index (κ2) is 39.4. The lowest BCUT2D eigenvalue weighted by Crippen LogP contribution is -2.37. The van der Waals surface area contributed by atoms with Gasteiger partial charge in [0.2, 0.25) is 0 Å². The standard InChI is InChI=1S/C32H38FN2O8PS.C24H22FN2O8PS.C24H21FN2O5S/c1-31(2,3)42-44(39,43-32(4,5)6)40-20-25-27(41-29(37)22-15-11-8-12-16-22)26(33)28(45-25)35-18-17-23(34-30(35)38)19-24(36)21-13-9-7-10-14-21;25-20-21(35-23(29)16-9-5-2-6-10-16)19(14-34-36(31,32)33)37-22(20)27-12-11-17(26-24(27)30)13-18(28)15-7-3-1-4-8-15;25-20-21(32-23(30)16-9-5-2-6-10-16)19(14-28)33-22(20)27-12-11-17(26-24(27)31)13-18(29)15-7-3-1-4-8-15/h7-18,25-28H,19-20H2,1-6H3;1-12,19-22H,13-14H2,(H2,31,32,33);1-12,19-22,28H,13-14H2/t25-,26+,27-,28-;2*19-,20+,21-,22-/m111/s1. The van der Waals surface area contributed by atoms with Gasteiger partial charge in [-0.2, -0.15) is 15.0 Å². The molecule has 12 atom stereocenters. The van der Waals surface area contributed by atoms with Crippen LogP contribution in [0, 0.1) is 0 Å². The van der Waals surface area contributed by atoms with Crippen LogP contribution in [0.2, 0.25) is 0 Å². The predicted molar refractivity (Wildman–Crippen MR) is 422 cm³/mol. The van der Waals surface area contributed by atoms with Crippen LogP contribution in [0.3, 0.4) is 0 Å². The molecule has 3 aliphatic heterocycles. The lowest BCUT2D eigenvalue weighted by atomic mass is 10.1. The number of halogens is 3. The number of aromatic nitrogens is 6. The number of hydrogen-bond donors (Lipinski definition) is 3. The number of aliphatic hydroxyl groups excluding tert-OH is 1. The van der Waals surface area contributed by atoms with E-state index in [9.17, 15) is 57.4 Å². The predicted octanol–water partition coefficient (Wildman–Crippen LogP) is 12.4. The van der Waals surface area contributed by atoms with Gasteiger partial charge in [-0.25, -0.2) is 51.1 Å². The molecule has 3 aromatic heterocycles. The molecule has 12 rings (SSSR count). The van der Waals surface area contributed by atoms with E-state index < -0.39 is 144 Å². The van der Waals surface area contributed by atoms with Crippen molar-refractivity contribution in [3.05, 3.63) is 301 Å². The summed E-state index contributed by atoms with van der Waals surface area (Å²) >= 11 is 2.80. The second-order valence-electron chi connectivity index (χ2n) is 28.1. The van der Waals surface area contributed by atoms with Crippen molar-refractivity contribution in [2.75, 3.05) is 19.8 Å². The average Bonchev–Trinajstić information content (AvgIpc) is 1.64. The largest absolute Gasteiger partial charge is 0.475 e. The number of Topliss-reactive ketones (excluding diaryl/α,β-unsaturated/α-hetero) is 3. The van der Waals surface area contributed by atoms with E-state index in [1.807, 2.05) is 0 Å². The molecule has 6 heterocycles. The van der Waals surface area contributed by atoms with Crippen molar-refractivity contribution >= 4 is 86.2 Å². The van der Waals surface area contributed by atoms with Crippen LogP contribution >= 0.6 is 50.9 Å². The molecule has 0 spiro atoms. The van der Waals surface area contributed by atoms with E-state index in [-0.39, 0.29) is 77.0 Å². The molecule has 3 N–H and O–H groups in total. The number of aliphatic hydroxyl groups is 1. The average molecular weight is 1680 g/mol. The number of esters is 3. The zero-order chi connectivity index (χ0) is 82.9. The van der Waals surface area contributed by atoms with E-state index in [0.29, 0.717) is 16.7 Å². The summed E-state index contributed by atoms with van der Waals surface area (Å²) in [4.78, 5) is 144. The number of phosphoric ester groups is 2.